The van der Waals surface area contributed by atoms with Gasteiger partial charge in [-0.2, -0.15) is 0 Å². The van der Waals surface area contributed by atoms with Crippen LogP contribution >= 0.6 is 0 Å². The van der Waals surface area contributed by atoms with Crippen LogP contribution in [0, 0.1) is 24.0 Å². The number of nitro benzene ring substituents is 1. The minimum atomic E-state index is -0.883. The van der Waals surface area contributed by atoms with Gasteiger partial charge in [0.2, 0.25) is 0 Å². The third-order valence-corrected chi connectivity index (χ3v) is 6.83. The molecule has 38 heavy (non-hydrogen) atoms. The summed E-state index contributed by atoms with van der Waals surface area (Å²) >= 11 is 0. The SMILES string of the molecule is CCCCN1C(=O)C(c2ccc([N+](=O)[O-])cc2)=C(c2ccc(OC)cc2)C1C(=O)Nc1c(C)cccc1C. The van der Waals surface area contributed by atoms with Gasteiger partial charge in [0.1, 0.15) is 11.8 Å². The first-order chi connectivity index (χ1) is 18.3. The fourth-order valence-corrected chi connectivity index (χ4v) is 4.81. The van der Waals surface area contributed by atoms with E-state index in [4.69, 9.17) is 4.74 Å². The van der Waals surface area contributed by atoms with E-state index in [-0.39, 0.29) is 17.5 Å². The largest absolute Gasteiger partial charge is 0.497 e. The first kappa shape index (κ1) is 26.6. The van der Waals surface area contributed by atoms with E-state index in [1.165, 1.54) is 12.1 Å². The minimum absolute atomic E-state index is 0.0713. The molecule has 1 heterocycles. The number of benzene rings is 3. The Hall–Kier alpha value is -4.46. The molecule has 1 atom stereocenters. The lowest BCUT2D eigenvalue weighted by Gasteiger charge is -2.27. The molecule has 0 aliphatic carbocycles. The second-order valence-electron chi connectivity index (χ2n) is 9.33. The number of aryl methyl sites for hydroxylation is 2. The van der Waals surface area contributed by atoms with Crippen LogP contribution in [0.2, 0.25) is 0 Å². The molecule has 0 saturated carbocycles. The van der Waals surface area contributed by atoms with Crippen molar-refractivity contribution >= 4 is 34.3 Å². The van der Waals surface area contributed by atoms with E-state index >= 15 is 0 Å². The van der Waals surface area contributed by atoms with Crippen molar-refractivity contribution in [3.8, 4) is 5.75 Å². The van der Waals surface area contributed by atoms with Crippen molar-refractivity contribution in [1.82, 2.24) is 4.90 Å². The highest BCUT2D eigenvalue weighted by Crippen LogP contribution is 2.41. The van der Waals surface area contributed by atoms with Gasteiger partial charge in [0.05, 0.1) is 17.6 Å². The minimum Gasteiger partial charge on any atom is -0.497 e. The molecular weight excluding hydrogens is 482 g/mol. The Kier molecular flexibility index (Phi) is 7.90. The number of carbonyl (C=O) groups is 2. The first-order valence-electron chi connectivity index (χ1n) is 12.6. The molecule has 0 aromatic heterocycles. The highest BCUT2D eigenvalue weighted by molar-refractivity contribution is 6.34. The highest BCUT2D eigenvalue weighted by atomic mass is 16.6. The van der Waals surface area contributed by atoms with Crippen molar-refractivity contribution < 1.29 is 19.2 Å². The Bertz CT molecular complexity index is 1370. The fraction of sp³-hybridized carbons (Fsp3) is 0.267. The Morgan fingerprint density at radius 1 is 1.00 bits per heavy atom. The van der Waals surface area contributed by atoms with Crippen LogP contribution in [0.4, 0.5) is 11.4 Å². The summed E-state index contributed by atoms with van der Waals surface area (Å²) in [5.74, 6) is 0.0595. The first-order valence-corrected chi connectivity index (χ1v) is 12.6. The Labute approximate surface area is 222 Å². The van der Waals surface area contributed by atoms with Gasteiger partial charge < -0.3 is 15.0 Å². The molecule has 1 aliphatic rings. The number of methoxy groups -OCH3 is 1. The van der Waals surface area contributed by atoms with Gasteiger partial charge in [0, 0.05) is 29.9 Å². The molecule has 196 valence electrons. The maximum absolute atomic E-state index is 14.0. The molecule has 0 saturated heterocycles. The molecular formula is C30H31N3O5. The standard InChI is InChI=1S/C30H31N3O5/c1-5-6-18-32-28(29(34)31-27-19(2)8-7-9-20(27)3)25(21-12-16-24(38-4)17-13-21)26(30(32)35)22-10-14-23(15-11-22)33(36)37/h7-17,28H,5-6,18H2,1-4H3,(H,31,34). The molecule has 8 nitrogen and oxygen atoms in total. The number of anilines is 1. The topological polar surface area (TPSA) is 102 Å². The maximum atomic E-state index is 14.0. The number of carbonyl (C=O) groups excluding carboxylic acids is 2. The van der Waals surface area contributed by atoms with Crippen LogP contribution in [-0.2, 0) is 9.59 Å². The number of nitrogens with one attached hydrogen (secondary N) is 1. The smallest absolute Gasteiger partial charge is 0.269 e. The number of para-hydroxylation sites is 1. The number of nitrogens with zero attached hydrogens (tertiary/aromatic N) is 2. The van der Waals surface area contributed by atoms with Gasteiger partial charge in [-0.3, -0.25) is 19.7 Å². The molecule has 1 N–H and O–H groups in total. The van der Waals surface area contributed by atoms with E-state index in [1.54, 1.807) is 36.3 Å². The van der Waals surface area contributed by atoms with Gasteiger partial charge in [-0.1, -0.05) is 43.7 Å². The van der Waals surface area contributed by atoms with Crippen molar-refractivity contribution in [2.24, 2.45) is 0 Å². The Morgan fingerprint density at radius 2 is 1.61 bits per heavy atom. The average Bonchev–Trinajstić information content (AvgIpc) is 3.21. The van der Waals surface area contributed by atoms with Crippen LogP contribution in [0.1, 0.15) is 42.0 Å². The van der Waals surface area contributed by atoms with Crippen LogP contribution in [0.5, 0.6) is 5.75 Å². The summed E-state index contributed by atoms with van der Waals surface area (Å²) in [4.78, 5) is 40.4. The molecule has 4 rings (SSSR count). The fourth-order valence-electron chi connectivity index (χ4n) is 4.81. The lowest BCUT2D eigenvalue weighted by Crippen LogP contribution is -2.44. The molecule has 0 bridgehead atoms. The molecule has 2 amide bonds. The van der Waals surface area contributed by atoms with Gasteiger partial charge in [0.15, 0.2) is 0 Å². The van der Waals surface area contributed by atoms with Crippen LogP contribution in [-0.4, -0.2) is 41.3 Å². The second-order valence-corrected chi connectivity index (χ2v) is 9.33. The number of unbranched alkanes of at least 4 members (excludes halogenated alkanes) is 1. The van der Waals surface area contributed by atoms with E-state index in [9.17, 15) is 19.7 Å². The summed E-state index contributed by atoms with van der Waals surface area (Å²) < 4.78 is 5.32. The molecule has 3 aromatic carbocycles. The zero-order chi connectivity index (χ0) is 27.4. The van der Waals surface area contributed by atoms with Gasteiger partial charge >= 0.3 is 0 Å². The molecule has 0 fully saturated rings. The summed E-state index contributed by atoms with van der Waals surface area (Å²) in [5, 5.41) is 14.3. The van der Waals surface area contributed by atoms with Crippen molar-refractivity contribution in [1.29, 1.82) is 0 Å². The summed E-state index contributed by atoms with van der Waals surface area (Å²) in [5.41, 5.74) is 4.65. The lowest BCUT2D eigenvalue weighted by atomic mass is 9.92. The summed E-state index contributed by atoms with van der Waals surface area (Å²) in [6, 6.07) is 18.0. The van der Waals surface area contributed by atoms with Crippen LogP contribution < -0.4 is 10.1 Å². The third-order valence-electron chi connectivity index (χ3n) is 6.83. The summed E-state index contributed by atoms with van der Waals surface area (Å²) in [6.45, 7) is 6.29. The van der Waals surface area contributed by atoms with Gasteiger partial charge in [-0.25, -0.2) is 0 Å². The predicted octanol–water partition coefficient (Wildman–Crippen LogP) is 5.78. The van der Waals surface area contributed by atoms with Crippen molar-refractivity contribution in [2.45, 2.75) is 39.7 Å². The van der Waals surface area contributed by atoms with Crippen LogP contribution in [0.15, 0.2) is 66.7 Å². The zero-order valence-electron chi connectivity index (χ0n) is 22.0. The van der Waals surface area contributed by atoms with Gasteiger partial charge in [0.25, 0.3) is 17.5 Å². The van der Waals surface area contributed by atoms with E-state index in [2.05, 4.69) is 5.32 Å². The molecule has 8 heteroatoms. The zero-order valence-corrected chi connectivity index (χ0v) is 22.0. The quantitative estimate of drug-likeness (QED) is 0.289. The number of rotatable bonds is 9. The average molecular weight is 514 g/mol. The lowest BCUT2D eigenvalue weighted by molar-refractivity contribution is -0.384. The van der Waals surface area contributed by atoms with Gasteiger partial charge in [-0.05, 0) is 66.8 Å². The van der Waals surface area contributed by atoms with E-state index in [0.29, 0.717) is 34.6 Å². The number of hydrogen-bond acceptors (Lipinski definition) is 5. The Morgan fingerprint density at radius 3 is 2.16 bits per heavy atom. The third kappa shape index (κ3) is 5.16. The monoisotopic (exact) mass is 513 g/mol. The van der Waals surface area contributed by atoms with Gasteiger partial charge in [-0.15, -0.1) is 0 Å². The molecule has 0 spiro atoms. The number of nitro groups is 1. The van der Waals surface area contributed by atoms with E-state index in [0.717, 1.165) is 29.7 Å². The normalized spacial score (nSPS) is 15.1. The summed E-state index contributed by atoms with van der Waals surface area (Å²) in [7, 11) is 1.57. The number of non-ortho nitro benzene ring substituents is 1. The molecule has 1 unspecified atom stereocenters. The van der Waals surface area contributed by atoms with E-state index in [1.807, 2.05) is 51.1 Å². The second kappa shape index (κ2) is 11.3. The van der Waals surface area contributed by atoms with Crippen molar-refractivity contribution in [3.05, 3.63) is 99.1 Å². The molecule has 0 radical (unpaired) electrons. The number of ether oxygens (including phenoxy) is 1. The summed E-state index contributed by atoms with van der Waals surface area (Å²) in [6.07, 6.45) is 1.57. The van der Waals surface area contributed by atoms with E-state index < -0.39 is 11.0 Å². The Balaban J connectivity index is 1.90. The van der Waals surface area contributed by atoms with Crippen LogP contribution in [0.25, 0.3) is 11.1 Å². The highest BCUT2D eigenvalue weighted by Gasteiger charge is 2.44. The number of hydrogen-bond donors (Lipinski definition) is 1. The van der Waals surface area contributed by atoms with Crippen molar-refractivity contribution in [2.75, 3.05) is 19.0 Å². The molecule has 1 aliphatic heterocycles. The predicted molar refractivity (Wildman–Crippen MR) is 148 cm³/mol. The van der Waals surface area contributed by atoms with Crippen LogP contribution in [0.3, 0.4) is 0 Å². The van der Waals surface area contributed by atoms with Crippen molar-refractivity contribution in [3.63, 3.8) is 0 Å². The molecule has 3 aromatic rings. The number of amides is 2. The maximum Gasteiger partial charge on any atom is 0.269 e.